The van der Waals surface area contributed by atoms with Crippen LogP contribution in [0.15, 0.2) is 53.4 Å². The molecule has 160 valence electrons. The summed E-state index contributed by atoms with van der Waals surface area (Å²) in [6, 6.07) is 13.2. The number of rotatable bonds is 6. The van der Waals surface area contributed by atoms with Crippen molar-refractivity contribution >= 4 is 21.7 Å². The predicted octanol–water partition coefficient (Wildman–Crippen LogP) is 2.68. The Kier molecular flexibility index (Phi) is 5.57. The molecule has 0 spiro atoms. The maximum atomic E-state index is 12.8. The van der Waals surface area contributed by atoms with Crippen LogP contribution in [0.4, 0.5) is 10.5 Å². The van der Waals surface area contributed by atoms with E-state index >= 15 is 0 Å². The lowest BCUT2D eigenvalue weighted by Gasteiger charge is -2.32. The van der Waals surface area contributed by atoms with Crippen LogP contribution in [0.25, 0.3) is 0 Å². The molecule has 1 saturated carbocycles. The molecule has 3 atom stereocenters. The van der Waals surface area contributed by atoms with Crippen molar-refractivity contribution in [1.82, 2.24) is 9.62 Å². The zero-order valence-electron chi connectivity index (χ0n) is 16.9. The number of sulfonamides is 1. The molecular weight excluding hydrogens is 406 g/mol. The maximum Gasteiger partial charge on any atom is 0.322 e. The summed E-state index contributed by atoms with van der Waals surface area (Å²) < 4.78 is 38.6. The summed E-state index contributed by atoms with van der Waals surface area (Å²) in [6.45, 7) is 0.511. The van der Waals surface area contributed by atoms with Crippen LogP contribution in [0, 0.1) is 5.92 Å². The number of anilines is 1. The molecule has 2 bridgehead atoms. The van der Waals surface area contributed by atoms with Crippen LogP contribution in [-0.2, 0) is 10.0 Å². The molecule has 0 unspecified atom stereocenters. The first-order valence-corrected chi connectivity index (χ1v) is 11.3. The lowest BCUT2D eigenvalue weighted by molar-refractivity contribution is 0.187. The standard InChI is InChI=1S/C21H25N3O5S/c1-28-16-8-9-18(20(12-16)29-2)22-21(25)24-13-14-10-15(24)11-19(14)23-30(26,27)17-6-4-3-5-7-17/h3-9,12,14-15,19,23H,10-11,13H2,1-2H3,(H,22,25)/t14-,15-,19-/m0/s1. The number of carbonyl (C=O) groups is 1. The van der Waals surface area contributed by atoms with Crippen LogP contribution >= 0.6 is 0 Å². The third kappa shape index (κ3) is 3.95. The number of fused-ring (bicyclic) bond motifs is 2. The molecule has 1 saturated heterocycles. The van der Waals surface area contributed by atoms with E-state index in [2.05, 4.69) is 10.0 Å². The number of carbonyl (C=O) groups excluding carboxylic acids is 1. The molecule has 2 aliphatic rings. The highest BCUT2D eigenvalue weighted by Crippen LogP contribution is 2.39. The summed E-state index contributed by atoms with van der Waals surface area (Å²) in [5.74, 6) is 1.25. The molecule has 1 heterocycles. The second-order valence-electron chi connectivity index (χ2n) is 7.57. The van der Waals surface area contributed by atoms with Gasteiger partial charge in [0, 0.05) is 24.7 Å². The molecule has 8 nitrogen and oxygen atoms in total. The molecule has 30 heavy (non-hydrogen) atoms. The number of hydrogen-bond donors (Lipinski definition) is 2. The highest BCUT2D eigenvalue weighted by molar-refractivity contribution is 7.89. The SMILES string of the molecule is COc1ccc(NC(=O)N2C[C@@H]3C[C@H]2C[C@@H]3NS(=O)(=O)c2ccccc2)c(OC)c1. The fourth-order valence-corrected chi connectivity index (χ4v) is 5.64. The Morgan fingerprint density at radius 3 is 2.47 bits per heavy atom. The maximum absolute atomic E-state index is 12.8. The zero-order valence-corrected chi connectivity index (χ0v) is 17.7. The number of hydrogen-bond acceptors (Lipinski definition) is 5. The summed E-state index contributed by atoms with van der Waals surface area (Å²) in [5.41, 5.74) is 0.562. The zero-order chi connectivity index (χ0) is 21.3. The second kappa shape index (κ2) is 8.16. The molecule has 2 aromatic carbocycles. The number of ether oxygens (including phenoxy) is 2. The predicted molar refractivity (Wildman–Crippen MR) is 112 cm³/mol. The molecule has 0 aromatic heterocycles. The van der Waals surface area contributed by atoms with E-state index in [0.717, 1.165) is 6.42 Å². The fourth-order valence-electron chi connectivity index (χ4n) is 4.30. The van der Waals surface area contributed by atoms with Crippen LogP contribution in [0.3, 0.4) is 0 Å². The molecular formula is C21H25N3O5S. The van der Waals surface area contributed by atoms with Gasteiger partial charge >= 0.3 is 6.03 Å². The summed E-state index contributed by atoms with van der Waals surface area (Å²) >= 11 is 0. The van der Waals surface area contributed by atoms with Gasteiger partial charge in [0.15, 0.2) is 0 Å². The van der Waals surface area contributed by atoms with Crippen LogP contribution in [0.1, 0.15) is 12.8 Å². The summed E-state index contributed by atoms with van der Waals surface area (Å²) in [5, 5.41) is 2.90. The molecule has 1 aliphatic heterocycles. The average molecular weight is 432 g/mol. The minimum atomic E-state index is -3.57. The summed E-state index contributed by atoms with van der Waals surface area (Å²) in [7, 11) is -0.466. The molecule has 2 amide bonds. The third-order valence-electron chi connectivity index (χ3n) is 5.81. The Morgan fingerprint density at radius 2 is 1.83 bits per heavy atom. The van der Waals surface area contributed by atoms with E-state index in [0.29, 0.717) is 30.2 Å². The van der Waals surface area contributed by atoms with Crippen LogP contribution < -0.4 is 19.5 Å². The minimum absolute atomic E-state index is 0.00252. The normalized spacial score (nSPS) is 22.7. The van der Waals surface area contributed by atoms with Gasteiger partial charge in [-0.15, -0.1) is 0 Å². The van der Waals surface area contributed by atoms with Gasteiger partial charge in [-0.2, -0.15) is 0 Å². The largest absolute Gasteiger partial charge is 0.497 e. The van der Waals surface area contributed by atoms with Crippen LogP contribution in [-0.4, -0.2) is 52.2 Å². The Bertz CT molecular complexity index is 1030. The van der Waals surface area contributed by atoms with Gasteiger partial charge in [0.2, 0.25) is 10.0 Å². The van der Waals surface area contributed by atoms with Gasteiger partial charge in [-0.1, -0.05) is 18.2 Å². The van der Waals surface area contributed by atoms with E-state index in [4.69, 9.17) is 9.47 Å². The number of methoxy groups -OCH3 is 2. The fraction of sp³-hybridized carbons (Fsp3) is 0.381. The topological polar surface area (TPSA) is 97.0 Å². The van der Waals surface area contributed by atoms with Crippen molar-refractivity contribution in [2.24, 2.45) is 5.92 Å². The smallest absolute Gasteiger partial charge is 0.322 e. The molecule has 9 heteroatoms. The second-order valence-corrected chi connectivity index (χ2v) is 9.29. The van der Waals surface area contributed by atoms with Crippen molar-refractivity contribution in [2.45, 2.75) is 29.8 Å². The average Bonchev–Trinajstić information content (AvgIpc) is 3.34. The van der Waals surface area contributed by atoms with Gasteiger partial charge in [0.1, 0.15) is 11.5 Å². The van der Waals surface area contributed by atoms with Crippen LogP contribution in [0.5, 0.6) is 11.5 Å². The number of benzene rings is 2. The molecule has 1 aliphatic carbocycles. The lowest BCUT2D eigenvalue weighted by Crippen LogP contribution is -2.48. The molecule has 2 fully saturated rings. The van der Waals surface area contributed by atoms with Crippen molar-refractivity contribution in [3.63, 3.8) is 0 Å². The van der Waals surface area contributed by atoms with Gasteiger partial charge in [-0.05, 0) is 43.0 Å². The van der Waals surface area contributed by atoms with E-state index in [1.165, 1.54) is 7.11 Å². The van der Waals surface area contributed by atoms with Crippen molar-refractivity contribution in [1.29, 1.82) is 0 Å². The molecule has 4 rings (SSSR count). The number of urea groups is 1. The lowest BCUT2D eigenvalue weighted by atomic mass is 10.0. The van der Waals surface area contributed by atoms with Gasteiger partial charge < -0.3 is 19.7 Å². The summed E-state index contributed by atoms with van der Waals surface area (Å²) in [4.78, 5) is 14.9. The number of nitrogens with zero attached hydrogens (tertiary/aromatic N) is 1. The Morgan fingerprint density at radius 1 is 1.07 bits per heavy atom. The first-order valence-electron chi connectivity index (χ1n) is 9.78. The van der Waals surface area contributed by atoms with Crippen molar-refractivity contribution in [3.8, 4) is 11.5 Å². The van der Waals surface area contributed by atoms with Crippen molar-refractivity contribution in [2.75, 3.05) is 26.1 Å². The number of amides is 2. The Labute approximate surface area is 176 Å². The molecule has 2 aromatic rings. The highest BCUT2D eigenvalue weighted by Gasteiger charge is 2.47. The minimum Gasteiger partial charge on any atom is -0.497 e. The number of piperidine rings is 1. The van der Waals surface area contributed by atoms with Crippen molar-refractivity contribution < 1.29 is 22.7 Å². The van der Waals surface area contributed by atoms with E-state index in [-0.39, 0.29) is 28.9 Å². The third-order valence-corrected chi connectivity index (χ3v) is 7.32. The Balaban J connectivity index is 1.39. The summed E-state index contributed by atoms with van der Waals surface area (Å²) in [6.07, 6.45) is 1.39. The van der Waals surface area contributed by atoms with Crippen molar-refractivity contribution in [3.05, 3.63) is 48.5 Å². The van der Waals surface area contributed by atoms with E-state index in [1.54, 1.807) is 60.5 Å². The number of likely N-dealkylation sites (tertiary alicyclic amines) is 1. The van der Waals surface area contributed by atoms with Crippen LogP contribution in [0.2, 0.25) is 0 Å². The quantitative estimate of drug-likeness (QED) is 0.733. The van der Waals surface area contributed by atoms with Gasteiger partial charge in [-0.3, -0.25) is 0 Å². The first kappa shape index (κ1) is 20.5. The van der Waals surface area contributed by atoms with E-state index < -0.39 is 10.0 Å². The molecule has 2 N–H and O–H groups in total. The monoisotopic (exact) mass is 431 g/mol. The molecule has 0 radical (unpaired) electrons. The van der Waals surface area contributed by atoms with Gasteiger partial charge in [0.05, 0.1) is 24.8 Å². The van der Waals surface area contributed by atoms with Gasteiger partial charge in [0.25, 0.3) is 0 Å². The number of nitrogens with one attached hydrogen (secondary N) is 2. The van der Waals surface area contributed by atoms with E-state index in [1.807, 2.05) is 0 Å². The Hall–Kier alpha value is -2.78. The first-order chi connectivity index (χ1) is 14.4. The highest BCUT2D eigenvalue weighted by atomic mass is 32.2. The van der Waals surface area contributed by atoms with Gasteiger partial charge in [-0.25, -0.2) is 17.9 Å². The van der Waals surface area contributed by atoms with E-state index in [9.17, 15) is 13.2 Å².